The number of ether oxygens (including phenoxy) is 1. The van der Waals surface area contributed by atoms with Gasteiger partial charge in [-0.25, -0.2) is 4.28 Å². The quantitative estimate of drug-likeness (QED) is 0.0598. The molecule has 6 atom stereocenters. The summed E-state index contributed by atoms with van der Waals surface area (Å²) in [6, 6.07) is 0. The average molecular weight is 480 g/mol. The van der Waals surface area contributed by atoms with E-state index in [-0.39, 0.29) is 11.5 Å². The first-order valence-electron chi connectivity index (χ1n) is 9.05. The van der Waals surface area contributed by atoms with Crippen LogP contribution in [-0.2, 0) is 30.6 Å². The number of rotatable bonds is 12. The Morgan fingerprint density at radius 3 is 2.34 bits per heavy atom. The second-order valence-electron chi connectivity index (χ2n) is 6.60. The maximum Gasteiger partial charge on any atom is 0.466 e. The van der Waals surface area contributed by atoms with Crippen molar-refractivity contribution < 1.29 is 47.0 Å². The Bertz CT molecular complexity index is 601. The van der Waals surface area contributed by atoms with Gasteiger partial charge in [0.05, 0.1) is 12.9 Å². The van der Waals surface area contributed by atoms with E-state index in [0.717, 1.165) is 37.4 Å². The molecule has 1 aliphatic rings. The highest BCUT2D eigenvalue weighted by molar-refractivity contribution is 8.14. The summed E-state index contributed by atoms with van der Waals surface area (Å²) in [7, 11) is -4.82. The fraction of sp³-hybridized carbons (Fsp3) is 0.933. The number of aliphatic hydroxyl groups excluding tert-OH is 4. The highest BCUT2D eigenvalue weighted by atomic mass is 32.3. The molecule has 0 radical (unpaired) electrons. The number of aliphatic hydroxyl groups is 4. The standard InChI is InChI=1S/C15H29NO10S3/c1-28(21)8-6-4-2-3-5-7-11(16-26-29(22,23)24)27-15-14(20)13(19)12(18)10(9-17)25-15/h10,12-15,17-20H,2-9H2,1H3,(H,22,23,24)/t10-,12-,13+,14-,15+,28?/m1/s1. The number of hydrogen-bond acceptors (Lipinski definition) is 11. The molecule has 0 aromatic rings. The lowest BCUT2D eigenvalue weighted by Crippen LogP contribution is -2.57. The maximum atomic E-state index is 11.0. The van der Waals surface area contributed by atoms with Crippen LogP contribution in [0.3, 0.4) is 0 Å². The molecule has 172 valence electrons. The lowest BCUT2D eigenvalue weighted by atomic mass is 10.0. The Morgan fingerprint density at radius 2 is 1.76 bits per heavy atom. The van der Waals surface area contributed by atoms with E-state index in [0.29, 0.717) is 12.2 Å². The van der Waals surface area contributed by atoms with E-state index in [2.05, 4.69) is 9.44 Å². The Hall–Kier alpha value is -0.160. The average Bonchev–Trinajstić information content (AvgIpc) is 2.64. The van der Waals surface area contributed by atoms with Crippen LogP contribution in [0.15, 0.2) is 5.16 Å². The zero-order valence-electron chi connectivity index (χ0n) is 16.0. The van der Waals surface area contributed by atoms with Crippen LogP contribution >= 0.6 is 11.8 Å². The van der Waals surface area contributed by atoms with Crippen LogP contribution in [0.25, 0.3) is 0 Å². The molecule has 0 saturated carbocycles. The molecule has 0 aromatic heterocycles. The van der Waals surface area contributed by atoms with E-state index >= 15 is 0 Å². The predicted molar refractivity (Wildman–Crippen MR) is 108 cm³/mol. The summed E-state index contributed by atoms with van der Waals surface area (Å²) in [5.74, 6) is 0.641. The monoisotopic (exact) mass is 479 g/mol. The van der Waals surface area contributed by atoms with Crippen LogP contribution < -0.4 is 0 Å². The van der Waals surface area contributed by atoms with E-state index < -0.39 is 58.0 Å². The maximum absolute atomic E-state index is 11.0. The lowest BCUT2D eigenvalue weighted by molar-refractivity contribution is -0.205. The Kier molecular flexibility index (Phi) is 12.3. The second-order valence-corrected chi connectivity index (χ2v) is 10.3. The number of nitrogens with zero attached hydrogens (tertiary/aromatic N) is 1. The molecule has 0 spiro atoms. The third kappa shape index (κ3) is 10.6. The fourth-order valence-corrected chi connectivity index (χ4v) is 4.58. The Morgan fingerprint density at radius 1 is 1.14 bits per heavy atom. The molecule has 0 amide bonds. The van der Waals surface area contributed by atoms with Gasteiger partial charge < -0.3 is 29.7 Å². The third-order valence-electron chi connectivity index (χ3n) is 4.16. The van der Waals surface area contributed by atoms with Crippen LogP contribution in [0.5, 0.6) is 0 Å². The van der Waals surface area contributed by atoms with Gasteiger partial charge in [-0.1, -0.05) is 40.9 Å². The van der Waals surface area contributed by atoms with Gasteiger partial charge in [0.1, 0.15) is 40.6 Å². The summed E-state index contributed by atoms with van der Waals surface area (Å²) >= 11 is -0.0555. The molecule has 14 heteroatoms. The van der Waals surface area contributed by atoms with Crippen molar-refractivity contribution in [1.82, 2.24) is 0 Å². The SMILES string of the molecule is C[S+]([O-])CCCCCCCC(=NOS(=O)(=O)O)S[C@@H]1O[C@H](CO)[C@@H](O)[C@H](O)[C@H]1O. The van der Waals surface area contributed by atoms with Crippen molar-refractivity contribution in [2.75, 3.05) is 18.6 Å². The molecule has 11 nitrogen and oxygen atoms in total. The molecular weight excluding hydrogens is 450 g/mol. The van der Waals surface area contributed by atoms with Crippen LogP contribution in [-0.4, -0.2) is 91.5 Å². The third-order valence-corrected chi connectivity index (χ3v) is 6.46. The first kappa shape index (κ1) is 26.9. The normalized spacial score (nSPS) is 29.6. The van der Waals surface area contributed by atoms with Gasteiger partial charge in [0.15, 0.2) is 0 Å². The van der Waals surface area contributed by atoms with Crippen LogP contribution in [0.2, 0.25) is 0 Å². The molecule has 1 unspecified atom stereocenters. The molecule has 1 aliphatic heterocycles. The van der Waals surface area contributed by atoms with Crippen molar-refractivity contribution in [1.29, 1.82) is 0 Å². The van der Waals surface area contributed by atoms with Gasteiger partial charge in [-0.15, -0.1) is 0 Å². The van der Waals surface area contributed by atoms with Gasteiger partial charge in [0, 0.05) is 0 Å². The summed E-state index contributed by atoms with van der Waals surface area (Å²) in [6.45, 7) is -0.599. The minimum absolute atomic E-state index is 0.0848. The summed E-state index contributed by atoms with van der Waals surface area (Å²) in [6.07, 6.45) is 0.136. The van der Waals surface area contributed by atoms with E-state index in [1.807, 2.05) is 0 Å². The lowest BCUT2D eigenvalue weighted by Gasteiger charge is -2.39. The van der Waals surface area contributed by atoms with Crippen LogP contribution in [0.1, 0.15) is 38.5 Å². The molecule has 1 saturated heterocycles. The zero-order valence-corrected chi connectivity index (χ0v) is 18.4. The largest absolute Gasteiger partial charge is 0.617 e. The Balaban J connectivity index is 2.63. The van der Waals surface area contributed by atoms with E-state index in [1.54, 1.807) is 6.26 Å². The number of unbranched alkanes of at least 4 members (excludes halogenated alkanes) is 4. The summed E-state index contributed by atoms with van der Waals surface area (Å²) < 4.78 is 50.7. The molecule has 0 bridgehead atoms. The molecule has 1 heterocycles. The van der Waals surface area contributed by atoms with Gasteiger partial charge in [-0.2, -0.15) is 8.42 Å². The van der Waals surface area contributed by atoms with Crippen molar-refractivity contribution >= 4 is 38.4 Å². The Labute approximate surface area is 177 Å². The van der Waals surface area contributed by atoms with E-state index in [1.165, 1.54) is 0 Å². The second kappa shape index (κ2) is 13.3. The van der Waals surface area contributed by atoms with Crippen LogP contribution in [0.4, 0.5) is 0 Å². The van der Waals surface area contributed by atoms with Gasteiger partial charge >= 0.3 is 10.4 Å². The first-order valence-corrected chi connectivity index (χ1v) is 13.0. The first-order chi connectivity index (χ1) is 13.5. The minimum Gasteiger partial charge on any atom is -0.617 e. The van der Waals surface area contributed by atoms with E-state index in [9.17, 15) is 33.4 Å². The topological polar surface area (TPSA) is 189 Å². The smallest absolute Gasteiger partial charge is 0.466 e. The van der Waals surface area contributed by atoms with Crippen molar-refractivity contribution in [2.45, 2.75) is 68.4 Å². The zero-order chi connectivity index (χ0) is 22.0. The molecular formula is C15H29NO10S3. The van der Waals surface area contributed by atoms with Crippen molar-refractivity contribution in [2.24, 2.45) is 5.16 Å². The highest BCUT2D eigenvalue weighted by Gasteiger charge is 2.44. The molecule has 5 N–H and O–H groups in total. The number of hydrogen-bond donors (Lipinski definition) is 5. The van der Waals surface area contributed by atoms with E-state index in [4.69, 9.17) is 9.29 Å². The van der Waals surface area contributed by atoms with Crippen molar-refractivity contribution in [3.05, 3.63) is 0 Å². The molecule has 0 aliphatic carbocycles. The number of thioether (sulfide) groups is 1. The minimum atomic E-state index is -4.82. The van der Waals surface area contributed by atoms with Gasteiger partial charge in [0.25, 0.3) is 0 Å². The van der Waals surface area contributed by atoms with Gasteiger partial charge in [-0.3, -0.25) is 4.55 Å². The highest BCUT2D eigenvalue weighted by Crippen LogP contribution is 2.30. The molecule has 0 aromatic carbocycles. The molecule has 1 fully saturated rings. The summed E-state index contributed by atoms with van der Waals surface area (Å²) in [5, 5.41) is 42.4. The predicted octanol–water partition coefficient (Wildman–Crippen LogP) is -0.628. The summed E-state index contributed by atoms with van der Waals surface area (Å²) in [4.78, 5) is 0. The molecule has 29 heavy (non-hydrogen) atoms. The molecule has 1 rings (SSSR count). The van der Waals surface area contributed by atoms with Gasteiger partial charge in [-0.05, 0) is 25.7 Å². The fourth-order valence-electron chi connectivity index (χ4n) is 2.63. The van der Waals surface area contributed by atoms with Gasteiger partial charge in [0.2, 0.25) is 0 Å². The summed E-state index contributed by atoms with van der Waals surface area (Å²) in [5.41, 5.74) is -1.14. The van der Waals surface area contributed by atoms with Crippen molar-refractivity contribution in [3.63, 3.8) is 0 Å². The number of oxime groups is 1. The van der Waals surface area contributed by atoms with Crippen LogP contribution in [0, 0.1) is 0 Å². The van der Waals surface area contributed by atoms with Crippen molar-refractivity contribution in [3.8, 4) is 0 Å².